The highest BCUT2D eigenvalue weighted by molar-refractivity contribution is 5.99. The Morgan fingerprint density at radius 2 is 2.22 bits per heavy atom. The predicted molar refractivity (Wildman–Crippen MR) is 71.8 cm³/mol. The second kappa shape index (κ2) is 6.96. The van der Waals surface area contributed by atoms with Gasteiger partial charge in [0, 0.05) is 32.2 Å². The summed E-state index contributed by atoms with van der Waals surface area (Å²) in [4.78, 5) is 16.1. The molecule has 0 spiro atoms. The number of rotatable bonds is 6. The number of hydrogen-bond acceptors (Lipinski definition) is 4. The van der Waals surface area contributed by atoms with E-state index in [0.717, 1.165) is 5.69 Å². The molecule has 1 rings (SSSR count). The van der Waals surface area contributed by atoms with Crippen molar-refractivity contribution in [2.75, 3.05) is 26.1 Å². The molecule has 18 heavy (non-hydrogen) atoms. The van der Waals surface area contributed by atoms with Gasteiger partial charge in [0.2, 0.25) is 0 Å². The molecular weight excluding hydrogens is 230 g/mol. The number of nitrogens with one attached hydrogen (secondary N) is 2. The Morgan fingerprint density at radius 1 is 1.50 bits per heavy atom. The molecule has 1 unspecified atom stereocenters. The highest BCUT2D eigenvalue weighted by atomic mass is 16.5. The van der Waals surface area contributed by atoms with Crippen molar-refractivity contribution in [3.05, 3.63) is 24.0 Å². The van der Waals surface area contributed by atoms with E-state index in [0.29, 0.717) is 18.1 Å². The van der Waals surface area contributed by atoms with Crippen LogP contribution < -0.4 is 10.6 Å². The van der Waals surface area contributed by atoms with Crippen LogP contribution in [0.3, 0.4) is 0 Å². The largest absolute Gasteiger partial charge is 0.387 e. The monoisotopic (exact) mass is 251 g/mol. The van der Waals surface area contributed by atoms with Crippen molar-refractivity contribution < 1.29 is 9.53 Å². The third kappa shape index (κ3) is 3.70. The summed E-state index contributed by atoms with van der Waals surface area (Å²) in [5.74, 6) is 0.173. The van der Waals surface area contributed by atoms with Gasteiger partial charge in [-0.05, 0) is 12.0 Å². The molecule has 100 valence electrons. The van der Waals surface area contributed by atoms with Crippen molar-refractivity contribution in [3.63, 3.8) is 0 Å². The SMILES string of the molecule is CNc1ccncc1C(=O)NC(COC)C(C)C. The van der Waals surface area contributed by atoms with Gasteiger partial charge in [-0.2, -0.15) is 0 Å². The van der Waals surface area contributed by atoms with Gasteiger partial charge >= 0.3 is 0 Å². The first-order valence-electron chi connectivity index (χ1n) is 6.01. The molecular formula is C13H21N3O2. The standard InChI is InChI=1S/C13H21N3O2/c1-9(2)12(8-18-4)16-13(17)10-7-15-6-5-11(10)14-3/h5-7,9,12H,8H2,1-4H3,(H,14,15)(H,16,17). The number of ether oxygens (including phenoxy) is 1. The van der Waals surface area contributed by atoms with Crippen LogP contribution in [0.25, 0.3) is 0 Å². The Balaban J connectivity index is 2.80. The van der Waals surface area contributed by atoms with E-state index in [1.807, 2.05) is 13.8 Å². The van der Waals surface area contributed by atoms with E-state index in [9.17, 15) is 4.79 Å². The van der Waals surface area contributed by atoms with Gasteiger partial charge in [-0.15, -0.1) is 0 Å². The van der Waals surface area contributed by atoms with Crippen LogP contribution in [0.2, 0.25) is 0 Å². The summed E-state index contributed by atoms with van der Waals surface area (Å²) in [5.41, 5.74) is 1.31. The molecule has 1 aromatic rings. The number of hydrogen-bond donors (Lipinski definition) is 2. The van der Waals surface area contributed by atoms with E-state index in [2.05, 4.69) is 15.6 Å². The molecule has 0 saturated heterocycles. The minimum atomic E-state index is -0.136. The van der Waals surface area contributed by atoms with Crippen molar-refractivity contribution in [2.45, 2.75) is 19.9 Å². The Bertz CT molecular complexity index is 394. The lowest BCUT2D eigenvalue weighted by Gasteiger charge is -2.22. The molecule has 1 aromatic heterocycles. The molecule has 0 bridgehead atoms. The molecule has 1 atom stereocenters. The lowest BCUT2D eigenvalue weighted by Crippen LogP contribution is -2.41. The molecule has 5 nitrogen and oxygen atoms in total. The van der Waals surface area contributed by atoms with Crippen LogP contribution in [0.4, 0.5) is 5.69 Å². The average Bonchev–Trinajstić information content (AvgIpc) is 2.37. The fraction of sp³-hybridized carbons (Fsp3) is 0.538. The fourth-order valence-corrected chi connectivity index (χ4v) is 1.62. The molecule has 1 amide bonds. The normalized spacial score (nSPS) is 12.3. The summed E-state index contributed by atoms with van der Waals surface area (Å²) in [7, 11) is 3.41. The minimum absolute atomic E-state index is 0.00703. The Hall–Kier alpha value is -1.62. The molecule has 0 radical (unpaired) electrons. The van der Waals surface area contributed by atoms with Crippen LogP contribution in [-0.2, 0) is 4.74 Å². The van der Waals surface area contributed by atoms with Gasteiger partial charge in [-0.3, -0.25) is 9.78 Å². The number of carbonyl (C=O) groups is 1. The highest BCUT2D eigenvalue weighted by Gasteiger charge is 2.18. The van der Waals surface area contributed by atoms with Gasteiger partial charge in [0.05, 0.1) is 18.2 Å². The molecule has 0 aromatic carbocycles. The second-order valence-electron chi connectivity index (χ2n) is 4.45. The number of carbonyl (C=O) groups excluding carboxylic acids is 1. The molecule has 0 aliphatic carbocycles. The summed E-state index contributed by atoms with van der Waals surface area (Å²) in [6.45, 7) is 4.59. The van der Waals surface area contributed by atoms with Crippen LogP contribution in [0.5, 0.6) is 0 Å². The second-order valence-corrected chi connectivity index (χ2v) is 4.45. The average molecular weight is 251 g/mol. The van der Waals surface area contributed by atoms with Gasteiger partial charge in [-0.1, -0.05) is 13.8 Å². The Kier molecular flexibility index (Phi) is 5.58. The van der Waals surface area contributed by atoms with E-state index in [4.69, 9.17) is 4.74 Å². The summed E-state index contributed by atoms with van der Waals surface area (Å²) in [6.07, 6.45) is 3.21. The number of anilines is 1. The van der Waals surface area contributed by atoms with Gasteiger partial charge < -0.3 is 15.4 Å². The zero-order chi connectivity index (χ0) is 13.5. The van der Waals surface area contributed by atoms with Gasteiger partial charge in [0.1, 0.15) is 0 Å². The van der Waals surface area contributed by atoms with E-state index in [1.165, 1.54) is 0 Å². The zero-order valence-electron chi connectivity index (χ0n) is 11.4. The summed E-state index contributed by atoms with van der Waals surface area (Å²) in [6, 6.07) is 1.77. The molecule has 1 heterocycles. The third-order valence-electron chi connectivity index (χ3n) is 2.80. The van der Waals surface area contributed by atoms with Gasteiger partial charge in [0.15, 0.2) is 0 Å². The van der Waals surface area contributed by atoms with E-state index in [-0.39, 0.29) is 11.9 Å². The molecule has 0 saturated carbocycles. The number of methoxy groups -OCH3 is 1. The first-order chi connectivity index (χ1) is 8.60. The van der Waals surface area contributed by atoms with Crippen LogP contribution in [-0.4, -0.2) is 37.7 Å². The Morgan fingerprint density at radius 3 is 2.78 bits per heavy atom. The maximum absolute atomic E-state index is 12.2. The smallest absolute Gasteiger partial charge is 0.255 e. The molecule has 0 aliphatic rings. The van der Waals surface area contributed by atoms with Crippen molar-refractivity contribution >= 4 is 11.6 Å². The van der Waals surface area contributed by atoms with Crippen LogP contribution >= 0.6 is 0 Å². The first kappa shape index (κ1) is 14.4. The van der Waals surface area contributed by atoms with E-state index >= 15 is 0 Å². The van der Waals surface area contributed by atoms with Crippen molar-refractivity contribution in [2.24, 2.45) is 5.92 Å². The van der Waals surface area contributed by atoms with Crippen molar-refractivity contribution in [1.29, 1.82) is 0 Å². The number of pyridine rings is 1. The summed E-state index contributed by atoms with van der Waals surface area (Å²) < 4.78 is 5.11. The van der Waals surface area contributed by atoms with Gasteiger partial charge in [0.25, 0.3) is 5.91 Å². The van der Waals surface area contributed by atoms with Gasteiger partial charge in [-0.25, -0.2) is 0 Å². The molecule has 2 N–H and O–H groups in total. The molecule has 5 heteroatoms. The molecule has 0 aliphatic heterocycles. The summed E-state index contributed by atoms with van der Waals surface area (Å²) >= 11 is 0. The fourth-order valence-electron chi connectivity index (χ4n) is 1.62. The Labute approximate surface area is 108 Å². The highest BCUT2D eigenvalue weighted by Crippen LogP contribution is 2.13. The quantitative estimate of drug-likeness (QED) is 0.804. The lowest BCUT2D eigenvalue weighted by molar-refractivity contribution is 0.0867. The van der Waals surface area contributed by atoms with Crippen molar-refractivity contribution in [3.8, 4) is 0 Å². The first-order valence-corrected chi connectivity index (χ1v) is 6.01. The van der Waals surface area contributed by atoms with Crippen LogP contribution in [0.15, 0.2) is 18.5 Å². The number of amides is 1. The minimum Gasteiger partial charge on any atom is -0.387 e. The molecule has 0 fully saturated rings. The number of nitrogens with zero attached hydrogens (tertiary/aromatic N) is 1. The summed E-state index contributed by atoms with van der Waals surface area (Å²) in [5, 5.41) is 5.94. The zero-order valence-corrected chi connectivity index (χ0v) is 11.4. The van der Waals surface area contributed by atoms with E-state index < -0.39 is 0 Å². The maximum atomic E-state index is 12.2. The van der Waals surface area contributed by atoms with Crippen LogP contribution in [0, 0.1) is 5.92 Å². The lowest BCUT2D eigenvalue weighted by atomic mass is 10.0. The third-order valence-corrected chi connectivity index (χ3v) is 2.80. The van der Waals surface area contributed by atoms with Crippen molar-refractivity contribution in [1.82, 2.24) is 10.3 Å². The maximum Gasteiger partial charge on any atom is 0.255 e. The predicted octanol–water partition coefficient (Wildman–Crippen LogP) is 1.52. The van der Waals surface area contributed by atoms with Crippen LogP contribution in [0.1, 0.15) is 24.2 Å². The van der Waals surface area contributed by atoms with E-state index in [1.54, 1.807) is 32.6 Å². The number of aromatic nitrogens is 1. The topological polar surface area (TPSA) is 63.2 Å².